The van der Waals surface area contributed by atoms with Crippen molar-refractivity contribution in [3.63, 3.8) is 0 Å². The minimum absolute atomic E-state index is 0.517. The number of allylic oxidation sites excluding steroid dienone is 3. The maximum absolute atomic E-state index is 9.23. The van der Waals surface area contributed by atoms with Crippen molar-refractivity contribution >= 4 is 11.8 Å². The van der Waals surface area contributed by atoms with E-state index < -0.39 is 0 Å². The van der Waals surface area contributed by atoms with Crippen molar-refractivity contribution in [1.82, 2.24) is 4.90 Å². The minimum Gasteiger partial charge on any atom is -0.512 e. The summed E-state index contributed by atoms with van der Waals surface area (Å²) in [5, 5.41) is 9.23. The molecule has 1 aliphatic carbocycles. The van der Waals surface area contributed by atoms with Crippen LogP contribution in [0, 0.1) is 0 Å². The van der Waals surface area contributed by atoms with Crippen LogP contribution in [0.25, 0.3) is 0 Å². The Morgan fingerprint density at radius 3 is 2.80 bits per heavy atom. The maximum Gasteiger partial charge on any atom is 0.0925 e. The molecule has 0 saturated carbocycles. The van der Waals surface area contributed by atoms with Crippen molar-refractivity contribution in [2.75, 3.05) is 19.3 Å². The molecular formula is C12H17NOS. The Bertz CT molecular complexity index is 331. The molecule has 3 heteroatoms. The molecule has 2 aliphatic rings. The standard InChI is InChI=1S/C12H17NOS/c1-13-7-6-12(8-13)15-9-10-2-4-11(14)5-3-10/h2,4,8,14H,3,5-7,9H2,1H3. The smallest absolute Gasteiger partial charge is 0.0925 e. The predicted molar refractivity (Wildman–Crippen MR) is 65.8 cm³/mol. The molecule has 0 saturated heterocycles. The van der Waals surface area contributed by atoms with Gasteiger partial charge in [0.2, 0.25) is 0 Å². The minimum atomic E-state index is 0.517. The Hall–Kier alpha value is -0.830. The van der Waals surface area contributed by atoms with E-state index in [9.17, 15) is 5.11 Å². The third-order valence-corrected chi connectivity index (χ3v) is 3.93. The summed E-state index contributed by atoms with van der Waals surface area (Å²) in [6, 6.07) is 0. The summed E-state index contributed by atoms with van der Waals surface area (Å²) < 4.78 is 0. The Morgan fingerprint density at radius 1 is 1.33 bits per heavy atom. The molecule has 0 aromatic rings. The average Bonchev–Trinajstić information content (AvgIpc) is 2.64. The van der Waals surface area contributed by atoms with Gasteiger partial charge in [0.05, 0.1) is 5.76 Å². The number of thioether (sulfide) groups is 1. The van der Waals surface area contributed by atoms with Crippen LogP contribution in [0.1, 0.15) is 19.3 Å². The van der Waals surface area contributed by atoms with Gasteiger partial charge in [0, 0.05) is 36.9 Å². The lowest BCUT2D eigenvalue weighted by Gasteiger charge is -2.10. The summed E-state index contributed by atoms with van der Waals surface area (Å²) in [5.41, 5.74) is 1.44. The zero-order chi connectivity index (χ0) is 10.7. The molecular weight excluding hydrogens is 206 g/mol. The van der Waals surface area contributed by atoms with Gasteiger partial charge in [-0.2, -0.15) is 0 Å². The van der Waals surface area contributed by atoms with Crippen LogP contribution in [0.5, 0.6) is 0 Å². The molecule has 0 unspecified atom stereocenters. The molecule has 0 bridgehead atoms. The van der Waals surface area contributed by atoms with Crippen LogP contribution in [-0.2, 0) is 0 Å². The van der Waals surface area contributed by atoms with Crippen LogP contribution in [0.2, 0.25) is 0 Å². The number of hydrogen-bond donors (Lipinski definition) is 1. The SMILES string of the molecule is CN1C=C(SCC2=CC=C(O)CC2)CC1. The number of hydrogen-bond acceptors (Lipinski definition) is 3. The highest BCUT2D eigenvalue weighted by atomic mass is 32.2. The zero-order valence-corrected chi connectivity index (χ0v) is 9.89. The van der Waals surface area contributed by atoms with Crippen LogP contribution in [0.3, 0.4) is 0 Å². The topological polar surface area (TPSA) is 23.5 Å². The summed E-state index contributed by atoms with van der Waals surface area (Å²) in [6.07, 6.45) is 9.14. The van der Waals surface area contributed by atoms with E-state index in [2.05, 4.69) is 24.2 Å². The van der Waals surface area contributed by atoms with E-state index in [1.165, 1.54) is 16.9 Å². The molecule has 2 nitrogen and oxygen atoms in total. The van der Waals surface area contributed by atoms with Gasteiger partial charge in [0.1, 0.15) is 0 Å². The molecule has 1 heterocycles. The predicted octanol–water partition coefficient (Wildman–Crippen LogP) is 3.06. The van der Waals surface area contributed by atoms with Crippen LogP contribution < -0.4 is 0 Å². The van der Waals surface area contributed by atoms with Crippen molar-refractivity contribution < 1.29 is 5.11 Å². The third-order valence-electron chi connectivity index (χ3n) is 2.73. The molecule has 15 heavy (non-hydrogen) atoms. The third kappa shape index (κ3) is 3.06. The van der Waals surface area contributed by atoms with Crippen molar-refractivity contribution in [1.29, 1.82) is 0 Å². The summed E-state index contributed by atoms with van der Waals surface area (Å²) in [6.45, 7) is 1.15. The van der Waals surface area contributed by atoms with Gasteiger partial charge in [0.15, 0.2) is 0 Å². The highest BCUT2D eigenvalue weighted by Crippen LogP contribution is 2.29. The highest BCUT2D eigenvalue weighted by molar-refractivity contribution is 8.03. The molecule has 0 amide bonds. The monoisotopic (exact) mass is 223 g/mol. The van der Waals surface area contributed by atoms with Crippen LogP contribution in [-0.4, -0.2) is 29.4 Å². The normalized spacial score (nSPS) is 21.1. The zero-order valence-electron chi connectivity index (χ0n) is 9.07. The first-order valence-electron chi connectivity index (χ1n) is 5.35. The number of nitrogens with zero attached hydrogens (tertiary/aromatic N) is 1. The van der Waals surface area contributed by atoms with Gasteiger partial charge in [-0.25, -0.2) is 0 Å². The Kier molecular flexibility index (Phi) is 3.41. The summed E-state index contributed by atoms with van der Waals surface area (Å²) in [5.74, 6) is 1.59. The highest BCUT2D eigenvalue weighted by Gasteiger charge is 2.11. The fourth-order valence-corrected chi connectivity index (χ4v) is 2.85. The molecule has 0 aromatic carbocycles. The van der Waals surface area contributed by atoms with Gasteiger partial charge in [-0.05, 0) is 18.9 Å². The molecule has 0 spiro atoms. The first-order valence-corrected chi connectivity index (χ1v) is 6.34. The summed E-state index contributed by atoms with van der Waals surface area (Å²) >= 11 is 1.94. The van der Waals surface area contributed by atoms with Crippen molar-refractivity contribution in [3.05, 3.63) is 34.6 Å². The molecule has 0 aromatic heterocycles. The van der Waals surface area contributed by atoms with Gasteiger partial charge in [-0.1, -0.05) is 11.6 Å². The second-order valence-electron chi connectivity index (χ2n) is 4.10. The quantitative estimate of drug-likeness (QED) is 0.795. The summed E-state index contributed by atoms with van der Waals surface area (Å²) in [7, 11) is 2.12. The summed E-state index contributed by atoms with van der Waals surface area (Å²) in [4.78, 5) is 3.72. The second-order valence-corrected chi connectivity index (χ2v) is 5.20. The first-order chi connectivity index (χ1) is 7.24. The average molecular weight is 223 g/mol. The van der Waals surface area contributed by atoms with Crippen molar-refractivity contribution in [3.8, 4) is 0 Å². The number of aliphatic hydroxyl groups is 1. The maximum atomic E-state index is 9.23. The molecule has 0 atom stereocenters. The van der Waals surface area contributed by atoms with Crippen LogP contribution >= 0.6 is 11.8 Å². The Balaban J connectivity index is 1.81. The van der Waals surface area contributed by atoms with E-state index >= 15 is 0 Å². The fraction of sp³-hybridized carbons (Fsp3) is 0.500. The van der Waals surface area contributed by atoms with E-state index in [0.29, 0.717) is 5.76 Å². The largest absolute Gasteiger partial charge is 0.512 e. The Morgan fingerprint density at radius 2 is 2.20 bits per heavy atom. The molecule has 82 valence electrons. The lowest BCUT2D eigenvalue weighted by molar-refractivity contribution is 0.386. The van der Waals surface area contributed by atoms with E-state index in [0.717, 1.165) is 25.1 Å². The fourth-order valence-electron chi connectivity index (χ4n) is 1.75. The van der Waals surface area contributed by atoms with Crippen molar-refractivity contribution in [2.45, 2.75) is 19.3 Å². The van der Waals surface area contributed by atoms with E-state index in [1.807, 2.05) is 17.8 Å². The van der Waals surface area contributed by atoms with Crippen molar-refractivity contribution in [2.24, 2.45) is 0 Å². The Labute approximate surface area is 95.4 Å². The van der Waals surface area contributed by atoms with Crippen LogP contribution in [0.15, 0.2) is 34.6 Å². The van der Waals surface area contributed by atoms with Gasteiger partial charge < -0.3 is 10.0 Å². The lowest BCUT2D eigenvalue weighted by Crippen LogP contribution is -2.04. The van der Waals surface area contributed by atoms with Gasteiger partial charge in [0.25, 0.3) is 0 Å². The van der Waals surface area contributed by atoms with Gasteiger partial charge >= 0.3 is 0 Å². The van der Waals surface area contributed by atoms with E-state index in [-0.39, 0.29) is 0 Å². The number of rotatable bonds is 3. The van der Waals surface area contributed by atoms with E-state index in [1.54, 1.807) is 0 Å². The molecule has 1 N–H and O–H groups in total. The van der Waals surface area contributed by atoms with E-state index in [4.69, 9.17) is 0 Å². The first kappa shape index (κ1) is 10.7. The number of aliphatic hydroxyl groups excluding tert-OH is 1. The van der Waals surface area contributed by atoms with Gasteiger partial charge in [-0.3, -0.25) is 0 Å². The molecule has 0 fully saturated rings. The molecule has 2 rings (SSSR count). The lowest BCUT2D eigenvalue weighted by atomic mass is 10.1. The van der Waals surface area contributed by atoms with Crippen LogP contribution in [0.4, 0.5) is 0 Å². The van der Waals surface area contributed by atoms with Gasteiger partial charge in [-0.15, -0.1) is 11.8 Å². The molecule has 0 radical (unpaired) electrons. The second kappa shape index (κ2) is 4.79. The molecule has 1 aliphatic heterocycles.